The Morgan fingerprint density at radius 1 is 1.39 bits per heavy atom. The lowest BCUT2D eigenvalue weighted by Gasteiger charge is -2.12. The van der Waals surface area contributed by atoms with E-state index >= 15 is 0 Å². The Hall–Kier alpha value is -1.69. The highest BCUT2D eigenvalue weighted by molar-refractivity contribution is 7.90. The molecule has 0 aromatic heterocycles. The number of hydrogen-bond donors (Lipinski definition) is 0. The maximum absolute atomic E-state index is 11.7. The van der Waals surface area contributed by atoms with Crippen LogP contribution in [0.5, 0.6) is 0 Å². The molecule has 6 heteroatoms. The lowest BCUT2D eigenvalue weighted by molar-refractivity contribution is -0.125. The topological polar surface area (TPSA) is 72.8 Å². The highest BCUT2D eigenvalue weighted by Crippen LogP contribution is 2.26. The van der Waals surface area contributed by atoms with Gasteiger partial charge in [-0.15, -0.1) is 4.40 Å². The summed E-state index contributed by atoms with van der Waals surface area (Å²) in [6, 6.07) is 6.40. The molecule has 1 atom stereocenters. The average molecular weight is 267 g/mol. The minimum absolute atomic E-state index is 0.0000926. The number of nitrogens with zero attached hydrogens (tertiary/aromatic N) is 1. The molecule has 1 heterocycles. The Bertz CT molecular complexity index is 619. The number of fused-ring (bicyclic) bond motifs is 1. The number of hydrogen-bond acceptors (Lipinski definition) is 4. The third kappa shape index (κ3) is 2.15. The maximum Gasteiger partial charge on any atom is 0.286 e. The Balaban J connectivity index is 2.34. The van der Waals surface area contributed by atoms with Gasteiger partial charge in [-0.05, 0) is 19.1 Å². The minimum Gasteiger partial charge on any atom is -0.466 e. The van der Waals surface area contributed by atoms with Crippen molar-refractivity contribution >= 4 is 21.7 Å². The molecular weight excluding hydrogens is 254 g/mol. The number of rotatable bonds is 3. The van der Waals surface area contributed by atoms with Crippen LogP contribution < -0.4 is 0 Å². The summed E-state index contributed by atoms with van der Waals surface area (Å²) in [6.07, 6.45) is -0.363. The van der Waals surface area contributed by atoms with Crippen molar-refractivity contribution in [3.63, 3.8) is 0 Å². The normalized spacial score (nSPS) is 17.8. The summed E-state index contributed by atoms with van der Waals surface area (Å²) in [5.74, 6) is -0.0978. The molecule has 1 aliphatic heterocycles. The minimum atomic E-state index is -3.68. The molecule has 1 aliphatic rings. The molecule has 2 rings (SSSR count). The monoisotopic (exact) mass is 267 g/mol. The largest absolute Gasteiger partial charge is 0.466 e. The Labute approximate surface area is 106 Å². The van der Waals surface area contributed by atoms with Crippen molar-refractivity contribution in [2.24, 2.45) is 4.40 Å². The Morgan fingerprint density at radius 3 is 2.72 bits per heavy atom. The van der Waals surface area contributed by atoms with Gasteiger partial charge in [-0.25, -0.2) is 0 Å². The molecule has 0 amide bonds. The number of Topliss-reactive ketones (excluding diaryl/α,β-unsaturated/α-hetero) is 1. The predicted octanol–water partition coefficient (Wildman–Crippen LogP) is 1.52. The van der Waals surface area contributed by atoms with Crippen LogP contribution in [0.3, 0.4) is 0 Å². The molecule has 0 spiro atoms. The molecule has 1 unspecified atom stereocenters. The summed E-state index contributed by atoms with van der Waals surface area (Å²) in [4.78, 5) is 11.6. The molecule has 96 valence electrons. The van der Waals surface area contributed by atoms with Crippen molar-refractivity contribution in [3.05, 3.63) is 29.8 Å². The first-order valence-electron chi connectivity index (χ1n) is 5.59. The van der Waals surface area contributed by atoms with Gasteiger partial charge in [-0.1, -0.05) is 19.1 Å². The molecule has 0 fully saturated rings. The van der Waals surface area contributed by atoms with Crippen molar-refractivity contribution in [2.75, 3.05) is 0 Å². The van der Waals surface area contributed by atoms with Crippen LogP contribution in [0.15, 0.2) is 33.6 Å². The van der Waals surface area contributed by atoms with Crippen LogP contribution in [-0.2, 0) is 19.6 Å². The van der Waals surface area contributed by atoms with Crippen molar-refractivity contribution < 1.29 is 17.9 Å². The first-order valence-corrected chi connectivity index (χ1v) is 7.03. The van der Waals surface area contributed by atoms with Crippen LogP contribution in [-0.4, -0.2) is 26.2 Å². The third-order valence-electron chi connectivity index (χ3n) is 2.69. The fourth-order valence-corrected chi connectivity index (χ4v) is 2.82. The first kappa shape index (κ1) is 12.8. The summed E-state index contributed by atoms with van der Waals surface area (Å²) in [7, 11) is -3.68. The standard InChI is InChI=1S/C12H13NO4S/c1-3-10(14)8(2)17-12-9-6-4-5-7-11(9)18(15,16)13-12/h4-8H,3H2,1-2H3. The van der Waals surface area contributed by atoms with Crippen LogP contribution in [0.2, 0.25) is 0 Å². The maximum atomic E-state index is 11.7. The summed E-state index contributed by atoms with van der Waals surface area (Å²) >= 11 is 0. The summed E-state index contributed by atoms with van der Waals surface area (Å²) in [6.45, 7) is 3.31. The van der Waals surface area contributed by atoms with E-state index < -0.39 is 16.1 Å². The number of ether oxygens (including phenoxy) is 1. The van der Waals surface area contributed by atoms with E-state index in [1.54, 1.807) is 32.0 Å². The van der Waals surface area contributed by atoms with Crippen LogP contribution in [0, 0.1) is 0 Å². The molecule has 0 aliphatic carbocycles. The van der Waals surface area contributed by atoms with Crippen molar-refractivity contribution in [1.82, 2.24) is 0 Å². The molecule has 0 saturated carbocycles. The molecule has 1 aromatic carbocycles. The number of sulfonamides is 1. The van der Waals surface area contributed by atoms with E-state index in [1.165, 1.54) is 6.07 Å². The van der Waals surface area contributed by atoms with Gasteiger partial charge < -0.3 is 4.74 Å². The average Bonchev–Trinajstić information content (AvgIpc) is 2.61. The summed E-state index contributed by atoms with van der Waals surface area (Å²) < 4.78 is 32.4. The number of ketones is 1. The third-order valence-corrected chi connectivity index (χ3v) is 4.01. The van der Waals surface area contributed by atoms with Crippen LogP contribution in [0.25, 0.3) is 0 Å². The highest BCUT2D eigenvalue weighted by Gasteiger charge is 2.31. The summed E-state index contributed by atoms with van der Waals surface area (Å²) in [5, 5.41) is 0. The van der Waals surface area contributed by atoms with Crippen LogP contribution >= 0.6 is 0 Å². The molecule has 0 radical (unpaired) electrons. The van der Waals surface area contributed by atoms with E-state index in [2.05, 4.69) is 4.40 Å². The van der Waals surface area contributed by atoms with Crippen molar-refractivity contribution in [1.29, 1.82) is 0 Å². The van der Waals surface area contributed by atoms with Gasteiger partial charge in [0, 0.05) is 6.42 Å². The van der Waals surface area contributed by atoms with Gasteiger partial charge in [0.15, 0.2) is 11.9 Å². The quantitative estimate of drug-likeness (QED) is 0.832. The molecule has 0 saturated heterocycles. The van der Waals surface area contributed by atoms with Crippen molar-refractivity contribution in [2.45, 2.75) is 31.3 Å². The lowest BCUT2D eigenvalue weighted by atomic mass is 10.2. The van der Waals surface area contributed by atoms with Gasteiger partial charge in [0.05, 0.1) is 5.56 Å². The SMILES string of the molecule is CCC(=O)C(C)OC1=NS(=O)(=O)c2ccccc21. The Morgan fingerprint density at radius 2 is 2.06 bits per heavy atom. The van der Waals surface area contributed by atoms with Gasteiger partial charge in [0.1, 0.15) is 4.90 Å². The molecule has 1 aromatic rings. The fourth-order valence-electron chi connectivity index (χ4n) is 1.68. The molecular formula is C12H13NO4S. The second kappa shape index (κ2) is 4.53. The van der Waals surface area contributed by atoms with E-state index in [0.29, 0.717) is 12.0 Å². The zero-order valence-electron chi connectivity index (χ0n) is 10.1. The summed E-state index contributed by atoms with van der Waals surface area (Å²) in [5.41, 5.74) is 0.410. The van der Waals surface area contributed by atoms with E-state index in [-0.39, 0.29) is 16.6 Å². The highest BCUT2D eigenvalue weighted by atomic mass is 32.2. The number of carbonyl (C=O) groups excluding carboxylic acids is 1. The molecule has 18 heavy (non-hydrogen) atoms. The Kier molecular flexibility index (Phi) is 3.21. The first-order chi connectivity index (χ1) is 8.45. The second-order valence-corrected chi connectivity index (χ2v) is 5.52. The van der Waals surface area contributed by atoms with Crippen LogP contribution in [0.4, 0.5) is 0 Å². The van der Waals surface area contributed by atoms with Crippen LogP contribution in [0.1, 0.15) is 25.8 Å². The zero-order valence-corrected chi connectivity index (χ0v) is 10.9. The van der Waals surface area contributed by atoms with E-state index in [9.17, 15) is 13.2 Å². The zero-order chi connectivity index (χ0) is 13.3. The van der Waals surface area contributed by atoms with Crippen molar-refractivity contribution in [3.8, 4) is 0 Å². The van der Waals surface area contributed by atoms with E-state index in [0.717, 1.165) is 0 Å². The van der Waals surface area contributed by atoms with Gasteiger partial charge in [0.2, 0.25) is 5.90 Å². The van der Waals surface area contributed by atoms with Gasteiger partial charge in [-0.2, -0.15) is 8.42 Å². The fraction of sp³-hybridized carbons (Fsp3) is 0.333. The smallest absolute Gasteiger partial charge is 0.286 e. The lowest BCUT2D eigenvalue weighted by Crippen LogP contribution is -2.23. The van der Waals surface area contributed by atoms with E-state index in [1.807, 2.05) is 0 Å². The van der Waals surface area contributed by atoms with Gasteiger partial charge >= 0.3 is 0 Å². The van der Waals surface area contributed by atoms with Gasteiger partial charge in [0.25, 0.3) is 10.0 Å². The molecule has 0 bridgehead atoms. The number of benzene rings is 1. The predicted molar refractivity (Wildman–Crippen MR) is 66.0 cm³/mol. The molecule has 5 nitrogen and oxygen atoms in total. The number of carbonyl (C=O) groups is 1. The van der Waals surface area contributed by atoms with E-state index in [4.69, 9.17) is 4.74 Å². The van der Waals surface area contributed by atoms with Gasteiger partial charge in [-0.3, -0.25) is 4.79 Å². The molecule has 0 N–H and O–H groups in total. The second-order valence-electron chi connectivity index (χ2n) is 3.95.